The highest BCUT2D eigenvalue weighted by Crippen LogP contribution is 2.15. The summed E-state index contributed by atoms with van der Waals surface area (Å²) in [4.78, 5) is 30.4. The topological polar surface area (TPSA) is 68.1 Å². The average Bonchev–Trinajstić information content (AvgIpc) is 2.24. The van der Waals surface area contributed by atoms with Crippen molar-refractivity contribution >= 4 is 24.2 Å². The predicted molar refractivity (Wildman–Crippen MR) is 76.7 cm³/mol. The number of amides is 2. The molecule has 0 aromatic heterocycles. The SMILES string of the molecule is CC(C)(C)C(=O)N=CCOCC=NC(=O)C(C)(C)C. The normalized spacial score (nSPS) is 13.4. The Morgan fingerprint density at radius 1 is 0.842 bits per heavy atom. The lowest BCUT2D eigenvalue weighted by Gasteiger charge is -2.11. The Hall–Kier alpha value is -1.36. The zero-order valence-corrected chi connectivity index (χ0v) is 12.7. The second kappa shape index (κ2) is 7.28. The summed E-state index contributed by atoms with van der Waals surface area (Å²) >= 11 is 0. The van der Waals surface area contributed by atoms with Gasteiger partial charge < -0.3 is 4.74 Å². The van der Waals surface area contributed by atoms with Crippen molar-refractivity contribution in [1.29, 1.82) is 0 Å². The van der Waals surface area contributed by atoms with E-state index in [0.29, 0.717) is 0 Å². The van der Waals surface area contributed by atoms with E-state index >= 15 is 0 Å². The van der Waals surface area contributed by atoms with Crippen LogP contribution < -0.4 is 0 Å². The molecule has 0 spiro atoms. The van der Waals surface area contributed by atoms with E-state index < -0.39 is 10.8 Å². The van der Waals surface area contributed by atoms with E-state index in [9.17, 15) is 9.59 Å². The van der Waals surface area contributed by atoms with Gasteiger partial charge in [0.1, 0.15) is 0 Å². The number of aliphatic imine (C=N–C) groups is 2. The minimum absolute atomic E-state index is 0.187. The predicted octanol–water partition coefficient (Wildman–Crippen LogP) is 2.29. The first-order chi connectivity index (χ1) is 8.55. The molecule has 0 aliphatic rings. The van der Waals surface area contributed by atoms with Gasteiger partial charge in [-0.05, 0) is 0 Å². The summed E-state index contributed by atoms with van der Waals surface area (Å²) in [6, 6.07) is 0. The number of ether oxygens (including phenoxy) is 1. The van der Waals surface area contributed by atoms with Crippen molar-refractivity contribution in [1.82, 2.24) is 0 Å². The summed E-state index contributed by atoms with van der Waals surface area (Å²) in [5, 5.41) is 0. The summed E-state index contributed by atoms with van der Waals surface area (Å²) in [5.74, 6) is -0.375. The minimum Gasteiger partial charge on any atom is -0.370 e. The van der Waals surface area contributed by atoms with Crippen molar-refractivity contribution < 1.29 is 14.3 Å². The molecule has 0 atom stereocenters. The van der Waals surface area contributed by atoms with Gasteiger partial charge in [0.05, 0.1) is 13.2 Å². The van der Waals surface area contributed by atoms with E-state index in [2.05, 4.69) is 9.98 Å². The van der Waals surface area contributed by atoms with Crippen LogP contribution in [0.2, 0.25) is 0 Å². The number of hydrogen-bond donors (Lipinski definition) is 0. The molecule has 0 saturated carbocycles. The van der Waals surface area contributed by atoms with Crippen LogP contribution in [0, 0.1) is 10.8 Å². The largest absolute Gasteiger partial charge is 0.370 e. The molecule has 0 radical (unpaired) electrons. The summed E-state index contributed by atoms with van der Waals surface area (Å²) in [6.45, 7) is 11.3. The van der Waals surface area contributed by atoms with Crippen LogP contribution in [0.5, 0.6) is 0 Å². The third-order valence-electron chi connectivity index (χ3n) is 2.09. The lowest BCUT2D eigenvalue weighted by atomic mass is 9.96. The molecule has 0 aliphatic heterocycles. The number of carbonyl (C=O) groups excluding carboxylic acids is 2. The monoisotopic (exact) mass is 268 g/mol. The maximum Gasteiger partial charge on any atom is 0.250 e. The molecule has 0 fully saturated rings. The van der Waals surface area contributed by atoms with E-state index in [4.69, 9.17) is 4.74 Å². The number of nitrogens with zero attached hydrogens (tertiary/aromatic N) is 2. The van der Waals surface area contributed by atoms with Crippen molar-refractivity contribution in [3.8, 4) is 0 Å². The molecule has 0 aromatic carbocycles. The van der Waals surface area contributed by atoms with Crippen LogP contribution in [0.1, 0.15) is 41.5 Å². The van der Waals surface area contributed by atoms with Crippen LogP contribution in [0.4, 0.5) is 0 Å². The lowest BCUT2D eigenvalue weighted by Crippen LogP contribution is -2.18. The molecule has 0 bridgehead atoms. The van der Waals surface area contributed by atoms with Gasteiger partial charge in [0, 0.05) is 23.3 Å². The fourth-order valence-electron chi connectivity index (χ4n) is 0.801. The fourth-order valence-corrected chi connectivity index (χ4v) is 0.801. The van der Waals surface area contributed by atoms with E-state index in [0.717, 1.165) is 0 Å². The third-order valence-corrected chi connectivity index (χ3v) is 2.09. The van der Waals surface area contributed by atoms with Gasteiger partial charge in [0.15, 0.2) is 0 Å². The van der Waals surface area contributed by atoms with Crippen LogP contribution in [0.25, 0.3) is 0 Å². The third kappa shape index (κ3) is 8.37. The van der Waals surface area contributed by atoms with Crippen molar-refractivity contribution in [2.24, 2.45) is 20.8 Å². The molecule has 0 N–H and O–H groups in total. The average molecular weight is 268 g/mol. The first kappa shape index (κ1) is 17.6. The number of carbonyl (C=O) groups is 2. The Balaban J connectivity index is 3.90. The zero-order chi connectivity index (χ0) is 15.1. The van der Waals surface area contributed by atoms with E-state index in [1.165, 1.54) is 12.4 Å². The first-order valence-electron chi connectivity index (χ1n) is 6.27. The van der Waals surface area contributed by atoms with Gasteiger partial charge in [-0.1, -0.05) is 41.5 Å². The van der Waals surface area contributed by atoms with Crippen LogP contribution in [0.3, 0.4) is 0 Å². The molecule has 108 valence electrons. The molecular formula is C14H24N2O3. The Bertz CT molecular complexity index is 335. The standard InChI is InChI=1S/C14H24N2O3/c1-13(2,3)11(17)15-7-9-19-10-8-16-12(18)14(4,5)6/h7-8H,9-10H2,1-6H3. The summed E-state index contributed by atoms with van der Waals surface area (Å²) < 4.78 is 5.16. The molecule has 0 rings (SSSR count). The van der Waals surface area contributed by atoms with Crippen LogP contribution in [0.15, 0.2) is 9.98 Å². The van der Waals surface area contributed by atoms with Gasteiger partial charge in [0.25, 0.3) is 11.8 Å². The van der Waals surface area contributed by atoms with Crippen molar-refractivity contribution in [3.05, 3.63) is 0 Å². The van der Waals surface area contributed by atoms with E-state index in [1.54, 1.807) is 41.5 Å². The van der Waals surface area contributed by atoms with E-state index in [1.807, 2.05) is 0 Å². The van der Waals surface area contributed by atoms with Crippen LogP contribution >= 0.6 is 0 Å². The highest BCUT2D eigenvalue weighted by Gasteiger charge is 2.20. The van der Waals surface area contributed by atoms with Crippen molar-refractivity contribution in [3.63, 3.8) is 0 Å². The van der Waals surface area contributed by atoms with Crippen molar-refractivity contribution in [2.45, 2.75) is 41.5 Å². The molecule has 0 heterocycles. The molecule has 19 heavy (non-hydrogen) atoms. The van der Waals surface area contributed by atoms with E-state index in [-0.39, 0.29) is 25.0 Å². The van der Waals surface area contributed by atoms with Gasteiger partial charge in [-0.15, -0.1) is 0 Å². The molecule has 5 nitrogen and oxygen atoms in total. The Kier molecular flexibility index (Phi) is 6.76. The summed E-state index contributed by atoms with van der Waals surface area (Å²) in [5.41, 5.74) is -0.950. The minimum atomic E-state index is -0.475. The molecule has 0 aliphatic carbocycles. The Morgan fingerprint density at radius 2 is 1.16 bits per heavy atom. The highest BCUT2D eigenvalue weighted by molar-refractivity contribution is 5.89. The van der Waals surface area contributed by atoms with Crippen LogP contribution in [-0.4, -0.2) is 37.5 Å². The maximum absolute atomic E-state index is 11.4. The van der Waals surface area contributed by atoms with Gasteiger partial charge in [-0.3, -0.25) is 9.59 Å². The smallest absolute Gasteiger partial charge is 0.250 e. The first-order valence-corrected chi connectivity index (χ1v) is 6.27. The fraction of sp³-hybridized carbons (Fsp3) is 0.714. The summed E-state index contributed by atoms with van der Waals surface area (Å²) in [7, 11) is 0. The molecule has 2 amide bonds. The van der Waals surface area contributed by atoms with Crippen LogP contribution in [-0.2, 0) is 14.3 Å². The molecule has 0 aromatic rings. The molecule has 0 saturated heterocycles. The lowest BCUT2D eigenvalue weighted by molar-refractivity contribution is -0.125. The zero-order valence-electron chi connectivity index (χ0n) is 12.7. The van der Waals surface area contributed by atoms with Gasteiger partial charge in [0.2, 0.25) is 0 Å². The van der Waals surface area contributed by atoms with Gasteiger partial charge >= 0.3 is 0 Å². The van der Waals surface area contributed by atoms with Gasteiger partial charge in [-0.2, -0.15) is 0 Å². The summed E-state index contributed by atoms with van der Waals surface area (Å²) in [6.07, 6.45) is 2.85. The highest BCUT2D eigenvalue weighted by atomic mass is 16.5. The maximum atomic E-state index is 11.4. The molecule has 0 unspecified atom stereocenters. The van der Waals surface area contributed by atoms with Crippen molar-refractivity contribution in [2.75, 3.05) is 13.2 Å². The quantitative estimate of drug-likeness (QED) is 0.580. The number of hydrogen-bond acceptors (Lipinski definition) is 3. The Morgan fingerprint density at radius 3 is 1.42 bits per heavy atom. The Labute approximate surface area is 115 Å². The second-order valence-corrected chi connectivity index (χ2v) is 6.27. The molecular weight excluding hydrogens is 244 g/mol. The number of rotatable bonds is 4. The second-order valence-electron chi connectivity index (χ2n) is 6.27. The molecule has 5 heteroatoms. The van der Waals surface area contributed by atoms with Gasteiger partial charge in [-0.25, -0.2) is 9.98 Å².